The van der Waals surface area contributed by atoms with Gasteiger partial charge < -0.3 is 5.32 Å². The number of nitrogens with one attached hydrogen (secondary N) is 1. The Morgan fingerprint density at radius 3 is 2.93 bits per heavy atom. The van der Waals surface area contributed by atoms with Crippen LogP contribution in [0, 0.1) is 6.92 Å². The molecule has 1 aliphatic rings. The Kier molecular flexibility index (Phi) is 3.60. The summed E-state index contributed by atoms with van der Waals surface area (Å²) in [4.78, 5) is 0. The Hall–Kier alpha value is -0.180. The van der Waals surface area contributed by atoms with Gasteiger partial charge in [0.05, 0.1) is 5.37 Å². The summed E-state index contributed by atoms with van der Waals surface area (Å²) in [6.45, 7) is 5.54. The molecule has 0 saturated carbocycles. The molecule has 15 heavy (non-hydrogen) atoms. The molecule has 1 fully saturated rings. The van der Waals surface area contributed by atoms with Crippen LogP contribution in [0.4, 0.5) is 0 Å². The number of aryl methyl sites for hydroxylation is 1. The van der Waals surface area contributed by atoms with Crippen LogP contribution in [0.25, 0.3) is 0 Å². The van der Waals surface area contributed by atoms with Gasteiger partial charge in [0.1, 0.15) is 0 Å². The number of halogens is 1. The zero-order chi connectivity index (χ0) is 10.8. The second-order valence-electron chi connectivity index (χ2n) is 4.07. The van der Waals surface area contributed by atoms with Gasteiger partial charge in [-0.2, -0.15) is 0 Å². The molecule has 1 aromatic carbocycles. The molecule has 2 unspecified atom stereocenters. The molecule has 3 heteroatoms. The fourth-order valence-electron chi connectivity index (χ4n) is 1.88. The molecule has 0 aromatic heterocycles. The number of benzene rings is 1. The molecule has 0 radical (unpaired) electrons. The molecule has 1 N–H and O–H groups in total. The normalized spacial score (nSPS) is 26.6. The van der Waals surface area contributed by atoms with Gasteiger partial charge in [0.2, 0.25) is 0 Å². The first kappa shape index (κ1) is 11.3. The second kappa shape index (κ2) is 4.77. The van der Waals surface area contributed by atoms with E-state index in [-0.39, 0.29) is 0 Å². The van der Waals surface area contributed by atoms with E-state index >= 15 is 0 Å². The quantitative estimate of drug-likeness (QED) is 0.804. The third-order valence-corrected chi connectivity index (χ3v) is 4.39. The lowest BCUT2D eigenvalue weighted by atomic mass is 10.1. The van der Waals surface area contributed by atoms with Crippen LogP contribution in [-0.2, 0) is 0 Å². The van der Waals surface area contributed by atoms with E-state index in [1.165, 1.54) is 17.5 Å². The van der Waals surface area contributed by atoms with E-state index in [9.17, 15) is 0 Å². The van der Waals surface area contributed by atoms with Crippen molar-refractivity contribution in [2.75, 3.05) is 6.54 Å². The summed E-state index contributed by atoms with van der Waals surface area (Å²) in [5.74, 6) is 0. The summed E-state index contributed by atoms with van der Waals surface area (Å²) in [6, 6.07) is 6.16. The predicted molar refractivity (Wildman–Crippen MR) is 68.6 cm³/mol. The van der Waals surface area contributed by atoms with Gasteiger partial charge in [-0.05, 0) is 43.1 Å². The van der Waals surface area contributed by atoms with Crippen molar-refractivity contribution in [2.24, 2.45) is 0 Å². The van der Waals surface area contributed by atoms with Crippen molar-refractivity contribution in [3.8, 4) is 0 Å². The van der Waals surface area contributed by atoms with E-state index in [2.05, 4.69) is 25.2 Å². The van der Waals surface area contributed by atoms with Crippen LogP contribution >= 0.6 is 23.4 Å². The molecule has 0 spiro atoms. The van der Waals surface area contributed by atoms with Gasteiger partial charge in [-0.15, -0.1) is 11.8 Å². The lowest BCUT2D eigenvalue weighted by molar-refractivity contribution is 0.604. The first-order valence-electron chi connectivity index (χ1n) is 5.31. The fourth-order valence-corrected chi connectivity index (χ4v) is 3.45. The minimum Gasteiger partial charge on any atom is -0.302 e. The van der Waals surface area contributed by atoms with Crippen molar-refractivity contribution in [2.45, 2.75) is 30.9 Å². The third-order valence-electron chi connectivity index (χ3n) is 2.76. The molecule has 0 amide bonds. The largest absolute Gasteiger partial charge is 0.302 e. The summed E-state index contributed by atoms with van der Waals surface area (Å²) >= 11 is 7.96. The van der Waals surface area contributed by atoms with Crippen LogP contribution in [0.15, 0.2) is 18.2 Å². The van der Waals surface area contributed by atoms with Crippen LogP contribution in [0.1, 0.15) is 29.8 Å². The van der Waals surface area contributed by atoms with Crippen LogP contribution in [0.2, 0.25) is 5.02 Å². The fraction of sp³-hybridized carbons (Fsp3) is 0.500. The predicted octanol–water partition coefficient (Wildman–Crippen LogP) is 3.76. The van der Waals surface area contributed by atoms with Crippen molar-refractivity contribution >= 4 is 23.4 Å². The molecule has 0 aliphatic carbocycles. The maximum atomic E-state index is 5.96. The van der Waals surface area contributed by atoms with E-state index in [4.69, 9.17) is 11.6 Å². The van der Waals surface area contributed by atoms with Gasteiger partial charge in [0.25, 0.3) is 0 Å². The van der Waals surface area contributed by atoms with Crippen molar-refractivity contribution in [3.05, 3.63) is 34.3 Å². The van der Waals surface area contributed by atoms with Gasteiger partial charge in [-0.1, -0.05) is 24.6 Å². The number of hydrogen-bond donors (Lipinski definition) is 1. The molecular weight excluding hydrogens is 226 g/mol. The Morgan fingerprint density at radius 2 is 2.27 bits per heavy atom. The zero-order valence-electron chi connectivity index (χ0n) is 9.09. The summed E-state index contributed by atoms with van der Waals surface area (Å²) in [6.07, 6.45) is 1.26. The lowest BCUT2D eigenvalue weighted by Crippen LogP contribution is -2.29. The van der Waals surface area contributed by atoms with Gasteiger partial charge in [0, 0.05) is 10.3 Å². The maximum absolute atomic E-state index is 5.96. The Morgan fingerprint density at radius 1 is 1.47 bits per heavy atom. The van der Waals surface area contributed by atoms with Crippen LogP contribution in [-0.4, -0.2) is 11.8 Å². The molecule has 1 aromatic rings. The Labute approximate surface area is 101 Å². The first-order valence-corrected chi connectivity index (χ1v) is 6.64. The summed E-state index contributed by atoms with van der Waals surface area (Å²) < 4.78 is 0. The SMILES string of the molecule is Cc1cc(Cl)ccc1C1NCCC(C)S1. The van der Waals surface area contributed by atoms with Crippen molar-refractivity contribution < 1.29 is 0 Å². The maximum Gasteiger partial charge on any atom is 0.0794 e. The molecule has 1 saturated heterocycles. The van der Waals surface area contributed by atoms with Gasteiger partial charge in [-0.25, -0.2) is 0 Å². The van der Waals surface area contributed by atoms with Crippen molar-refractivity contribution in [3.63, 3.8) is 0 Å². The Balaban J connectivity index is 2.21. The average molecular weight is 242 g/mol. The van der Waals surface area contributed by atoms with Gasteiger partial charge in [0.15, 0.2) is 0 Å². The number of rotatable bonds is 1. The third kappa shape index (κ3) is 2.68. The van der Waals surface area contributed by atoms with Gasteiger partial charge >= 0.3 is 0 Å². The lowest BCUT2D eigenvalue weighted by Gasteiger charge is -2.29. The van der Waals surface area contributed by atoms with E-state index in [1.54, 1.807) is 0 Å². The van der Waals surface area contributed by atoms with Crippen LogP contribution in [0.5, 0.6) is 0 Å². The minimum atomic E-state index is 0.436. The standard InChI is InChI=1S/C12H16ClNS/c1-8-7-10(13)3-4-11(8)12-14-6-5-9(2)15-12/h3-4,7,9,12,14H,5-6H2,1-2H3. The number of hydrogen-bond acceptors (Lipinski definition) is 2. The van der Waals surface area contributed by atoms with E-state index in [0.29, 0.717) is 5.37 Å². The summed E-state index contributed by atoms with van der Waals surface area (Å²) in [5, 5.41) is 5.55. The number of thioether (sulfide) groups is 1. The monoisotopic (exact) mass is 241 g/mol. The minimum absolute atomic E-state index is 0.436. The van der Waals surface area contributed by atoms with E-state index < -0.39 is 0 Å². The molecule has 2 rings (SSSR count). The topological polar surface area (TPSA) is 12.0 Å². The highest BCUT2D eigenvalue weighted by atomic mass is 35.5. The van der Waals surface area contributed by atoms with E-state index in [1.807, 2.05) is 23.9 Å². The molecule has 0 bridgehead atoms. The smallest absolute Gasteiger partial charge is 0.0794 e. The Bertz CT molecular complexity index is 353. The van der Waals surface area contributed by atoms with Crippen LogP contribution in [0.3, 0.4) is 0 Å². The molecular formula is C12H16ClNS. The molecule has 82 valence electrons. The highest BCUT2D eigenvalue weighted by molar-refractivity contribution is 8.00. The molecule has 2 atom stereocenters. The van der Waals surface area contributed by atoms with Crippen molar-refractivity contribution in [1.29, 1.82) is 0 Å². The highest BCUT2D eigenvalue weighted by Crippen LogP contribution is 2.36. The summed E-state index contributed by atoms with van der Waals surface area (Å²) in [7, 11) is 0. The van der Waals surface area contributed by atoms with Crippen molar-refractivity contribution in [1.82, 2.24) is 5.32 Å². The zero-order valence-corrected chi connectivity index (χ0v) is 10.7. The van der Waals surface area contributed by atoms with Gasteiger partial charge in [-0.3, -0.25) is 0 Å². The van der Waals surface area contributed by atoms with Crippen LogP contribution < -0.4 is 5.32 Å². The first-order chi connectivity index (χ1) is 7.16. The second-order valence-corrected chi connectivity index (χ2v) is 6.06. The van der Waals surface area contributed by atoms with E-state index in [0.717, 1.165) is 16.8 Å². The molecule has 1 aliphatic heterocycles. The average Bonchev–Trinajstić information content (AvgIpc) is 2.17. The molecule has 1 nitrogen and oxygen atoms in total. The molecule has 1 heterocycles. The highest BCUT2D eigenvalue weighted by Gasteiger charge is 2.21. The summed E-state index contributed by atoms with van der Waals surface area (Å²) in [5.41, 5.74) is 2.65.